The molecule has 88 valence electrons. The summed E-state index contributed by atoms with van der Waals surface area (Å²) in [4.78, 5) is 11.8. The van der Waals surface area contributed by atoms with Crippen molar-refractivity contribution in [1.29, 1.82) is 0 Å². The number of carbonyl (C=O) groups excluding carboxylic acids is 1. The van der Waals surface area contributed by atoms with Gasteiger partial charge in [-0.2, -0.15) is 0 Å². The van der Waals surface area contributed by atoms with Gasteiger partial charge in [-0.15, -0.1) is 11.6 Å². The van der Waals surface area contributed by atoms with Gasteiger partial charge in [0.2, 0.25) is 0 Å². The number of amides is 1. The maximum Gasteiger partial charge on any atom is 0.251 e. The normalized spacial score (nSPS) is 11.2. The summed E-state index contributed by atoms with van der Waals surface area (Å²) in [6.45, 7) is 4.60. The summed E-state index contributed by atoms with van der Waals surface area (Å²) in [5, 5.41) is 2.87. The molecule has 0 saturated heterocycles. The van der Waals surface area contributed by atoms with Crippen molar-refractivity contribution in [3.05, 3.63) is 34.3 Å². The summed E-state index contributed by atoms with van der Waals surface area (Å²) in [7, 11) is 0. The van der Waals surface area contributed by atoms with Crippen LogP contribution in [0.3, 0.4) is 0 Å². The Kier molecular flexibility index (Phi) is 4.81. The lowest BCUT2D eigenvalue weighted by atomic mass is 9.96. The van der Waals surface area contributed by atoms with Gasteiger partial charge < -0.3 is 5.32 Å². The van der Waals surface area contributed by atoms with E-state index in [1.807, 2.05) is 26.0 Å². The van der Waals surface area contributed by atoms with Gasteiger partial charge in [0.25, 0.3) is 5.91 Å². The molecule has 0 bridgehead atoms. The molecule has 0 fully saturated rings. The van der Waals surface area contributed by atoms with E-state index in [2.05, 4.69) is 21.2 Å². The zero-order valence-electron chi connectivity index (χ0n) is 9.39. The predicted octanol–water partition coefficient (Wildman–Crippen LogP) is 3.44. The minimum absolute atomic E-state index is 0.0699. The van der Waals surface area contributed by atoms with Gasteiger partial charge in [-0.05, 0) is 23.6 Å². The van der Waals surface area contributed by atoms with E-state index < -0.39 is 0 Å². The van der Waals surface area contributed by atoms with E-state index in [9.17, 15) is 4.79 Å². The van der Waals surface area contributed by atoms with Crippen molar-refractivity contribution < 1.29 is 4.79 Å². The SMILES string of the molecule is CC(C)(CCl)CNC(=O)c1cccc(Br)c1. The number of hydrogen-bond acceptors (Lipinski definition) is 1. The van der Waals surface area contributed by atoms with Gasteiger partial charge in [-0.25, -0.2) is 0 Å². The molecular formula is C12H15BrClNO. The second kappa shape index (κ2) is 5.69. The number of rotatable bonds is 4. The molecule has 1 rings (SSSR count). The summed E-state index contributed by atoms with van der Waals surface area (Å²) in [6.07, 6.45) is 0. The maximum absolute atomic E-state index is 11.8. The fraction of sp³-hybridized carbons (Fsp3) is 0.417. The molecule has 0 atom stereocenters. The first-order valence-corrected chi connectivity index (χ1v) is 6.37. The number of carbonyl (C=O) groups is 1. The molecule has 0 spiro atoms. The highest BCUT2D eigenvalue weighted by molar-refractivity contribution is 9.10. The van der Waals surface area contributed by atoms with Crippen molar-refractivity contribution in [2.24, 2.45) is 5.41 Å². The Morgan fingerprint density at radius 1 is 1.50 bits per heavy atom. The van der Waals surface area contributed by atoms with Crippen LogP contribution in [0.25, 0.3) is 0 Å². The van der Waals surface area contributed by atoms with Crippen molar-refractivity contribution in [3.63, 3.8) is 0 Å². The van der Waals surface area contributed by atoms with E-state index in [0.29, 0.717) is 18.0 Å². The van der Waals surface area contributed by atoms with Crippen molar-refractivity contribution in [2.75, 3.05) is 12.4 Å². The summed E-state index contributed by atoms with van der Waals surface area (Å²) in [5.74, 6) is 0.450. The summed E-state index contributed by atoms with van der Waals surface area (Å²) >= 11 is 9.12. The second-order valence-corrected chi connectivity index (χ2v) is 5.67. The number of nitrogens with one attached hydrogen (secondary N) is 1. The summed E-state index contributed by atoms with van der Waals surface area (Å²) in [6, 6.07) is 7.31. The molecule has 0 saturated carbocycles. The van der Waals surface area contributed by atoms with Crippen LogP contribution in [0.4, 0.5) is 0 Å². The summed E-state index contributed by atoms with van der Waals surface area (Å²) < 4.78 is 0.900. The zero-order valence-corrected chi connectivity index (χ0v) is 11.7. The highest BCUT2D eigenvalue weighted by atomic mass is 79.9. The number of benzene rings is 1. The Balaban J connectivity index is 2.60. The van der Waals surface area contributed by atoms with E-state index >= 15 is 0 Å². The molecule has 0 aromatic heterocycles. The minimum atomic E-state index is -0.0801. The Bertz CT molecular complexity index is 379. The van der Waals surface area contributed by atoms with Gasteiger partial charge in [0.15, 0.2) is 0 Å². The highest BCUT2D eigenvalue weighted by Crippen LogP contribution is 2.16. The van der Waals surface area contributed by atoms with Crippen molar-refractivity contribution in [3.8, 4) is 0 Å². The average Bonchev–Trinajstić information content (AvgIpc) is 2.26. The molecule has 4 heteroatoms. The lowest BCUT2D eigenvalue weighted by Gasteiger charge is -2.21. The van der Waals surface area contributed by atoms with Crippen LogP contribution in [0.5, 0.6) is 0 Å². The third-order valence-corrected chi connectivity index (χ3v) is 3.39. The first kappa shape index (κ1) is 13.5. The lowest BCUT2D eigenvalue weighted by molar-refractivity contribution is 0.0940. The van der Waals surface area contributed by atoms with Gasteiger partial charge in [-0.1, -0.05) is 35.8 Å². The zero-order chi connectivity index (χ0) is 12.2. The van der Waals surface area contributed by atoms with Crippen LogP contribution < -0.4 is 5.32 Å². The molecule has 1 aromatic rings. The van der Waals surface area contributed by atoms with Crippen LogP contribution in [0.15, 0.2) is 28.7 Å². The highest BCUT2D eigenvalue weighted by Gasteiger charge is 2.17. The standard InChI is InChI=1S/C12H15BrClNO/c1-12(2,7-14)8-15-11(16)9-4-3-5-10(13)6-9/h3-6H,7-8H2,1-2H3,(H,15,16). The number of halogens is 2. The average molecular weight is 305 g/mol. The Morgan fingerprint density at radius 3 is 2.75 bits per heavy atom. The largest absolute Gasteiger partial charge is 0.351 e. The van der Waals surface area contributed by atoms with E-state index in [1.165, 1.54) is 0 Å². The van der Waals surface area contributed by atoms with Crippen molar-refractivity contribution >= 4 is 33.4 Å². The first-order valence-electron chi connectivity index (χ1n) is 5.04. The molecule has 1 N–H and O–H groups in total. The number of alkyl halides is 1. The molecule has 2 nitrogen and oxygen atoms in total. The van der Waals surface area contributed by atoms with Crippen LogP contribution in [0.2, 0.25) is 0 Å². The third kappa shape index (κ3) is 4.14. The monoisotopic (exact) mass is 303 g/mol. The quantitative estimate of drug-likeness (QED) is 0.848. The fourth-order valence-electron chi connectivity index (χ4n) is 1.10. The molecule has 0 aliphatic carbocycles. The molecule has 1 aromatic carbocycles. The van der Waals surface area contributed by atoms with E-state index in [-0.39, 0.29) is 11.3 Å². The molecule has 1 amide bonds. The van der Waals surface area contributed by atoms with E-state index in [0.717, 1.165) is 4.47 Å². The molecular weight excluding hydrogens is 289 g/mol. The van der Waals surface area contributed by atoms with E-state index in [4.69, 9.17) is 11.6 Å². The van der Waals surface area contributed by atoms with Crippen LogP contribution >= 0.6 is 27.5 Å². The van der Waals surface area contributed by atoms with Gasteiger partial charge in [0.1, 0.15) is 0 Å². The third-order valence-electron chi connectivity index (χ3n) is 2.18. The Hall–Kier alpha value is -0.540. The van der Waals surface area contributed by atoms with Gasteiger partial charge >= 0.3 is 0 Å². The van der Waals surface area contributed by atoms with Crippen molar-refractivity contribution in [1.82, 2.24) is 5.32 Å². The molecule has 0 unspecified atom stereocenters. The summed E-state index contributed by atoms with van der Waals surface area (Å²) in [5.41, 5.74) is 0.572. The van der Waals surface area contributed by atoms with Gasteiger partial charge in [-0.3, -0.25) is 4.79 Å². The van der Waals surface area contributed by atoms with Gasteiger partial charge in [0.05, 0.1) is 0 Å². The first-order chi connectivity index (χ1) is 7.44. The second-order valence-electron chi connectivity index (χ2n) is 4.49. The van der Waals surface area contributed by atoms with E-state index in [1.54, 1.807) is 12.1 Å². The van der Waals surface area contributed by atoms with Crippen LogP contribution in [-0.4, -0.2) is 18.3 Å². The molecule has 0 aliphatic rings. The van der Waals surface area contributed by atoms with Crippen LogP contribution in [-0.2, 0) is 0 Å². The predicted molar refractivity (Wildman–Crippen MR) is 71.0 cm³/mol. The minimum Gasteiger partial charge on any atom is -0.351 e. The molecule has 0 heterocycles. The molecule has 16 heavy (non-hydrogen) atoms. The fourth-order valence-corrected chi connectivity index (χ4v) is 1.59. The molecule has 0 aliphatic heterocycles. The van der Waals surface area contributed by atoms with Crippen LogP contribution in [0, 0.1) is 5.41 Å². The van der Waals surface area contributed by atoms with Gasteiger partial charge in [0, 0.05) is 22.5 Å². The topological polar surface area (TPSA) is 29.1 Å². The van der Waals surface area contributed by atoms with Crippen LogP contribution in [0.1, 0.15) is 24.2 Å². The Labute approximate surface area is 110 Å². The number of hydrogen-bond donors (Lipinski definition) is 1. The molecule has 0 radical (unpaired) electrons. The van der Waals surface area contributed by atoms with Crippen molar-refractivity contribution in [2.45, 2.75) is 13.8 Å². The lowest BCUT2D eigenvalue weighted by Crippen LogP contribution is -2.34. The maximum atomic E-state index is 11.8. The Morgan fingerprint density at radius 2 is 2.19 bits per heavy atom. The smallest absolute Gasteiger partial charge is 0.251 e.